The molecule has 1 aliphatic rings. The highest BCUT2D eigenvalue weighted by molar-refractivity contribution is 9.10. The van der Waals surface area contributed by atoms with Crippen LogP contribution in [0.5, 0.6) is 0 Å². The van der Waals surface area contributed by atoms with Gasteiger partial charge in [-0.1, -0.05) is 48.0 Å². The zero-order chi connectivity index (χ0) is 13.2. The molecule has 2 N–H and O–H groups in total. The van der Waals surface area contributed by atoms with E-state index in [0.717, 1.165) is 13.0 Å². The summed E-state index contributed by atoms with van der Waals surface area (Å²) >= 11 is 3.66. The highest BCUT2D eigenvalue weighted by Gasteiger charge is 2.37. The van der Waals surface area contributed by atoms with Crippen molar-refractivity contribution in [2.45, 2.75) is 46.0 Å². The minimum Gasteiger partial charge on any atom is -0.330 e. The van der Waals surface area contributed by atoms with Gasteiger partial charge in [0.05, 0.1) is 0 Å². The number of hydrogen-bond acceptors (Lipinski definition) is 1. The van der Waals surface area contributed by atoms with E-state index >= 15 is 0 Å². The SMILES string of the molecule is CC1(C)CCC(CN)(Cc2ccccc2Br)CC1. The number of halogens is 1. The van der Waals surface area contributed by atoms with E-state index in [1.165, 1.54) is 35.7 Å². The standard InChI is InChI=1S/C16H24BrN/c1-15(2)7-9-16(12-18,10-8-15)11-13-5-3-4-6-14(13)17/h3-6H,7-12,18H2,1-2H3. The highest BCUT2D eigenvalue weighted by atomic mass is 79.9. The topological polar surface area (TPSA) is 26.0 Å². The molecule has 0 aromatic heterocycles. The molecule has 1 saturated carbocycles. The van der Waals surface area contributed by atoms with Gasteiger partial charge in [-0.05, 0) is 61.1 Å². The monoisotopic (exact) mass is 309 g/mol. The molecular formula is C16H24BrN. The second-order valence-electron chi connectivity index (χ2n) is 6.64. The van der Waals surface area contributed by atoms with E-state index in [4.69, 9.17) is 5.73 Å². The Morgan fingerprint density at radius 3 is 2.28 bits per heavy atom. The largest absolute Gasteiger partial charge is 0.330 e. The fraction of sp³-hybridized carbons (Fsp3) is 0.625. The quantitative estimate of drug-likeness (QED) is 0.871. The van der Waals surface area contributed by atoms with Crippen LogP contribution in [0.1, 0.15) is 45.1 Å². The molecule has 100 valence electrons. The van der Waals surface area contributed by atoms with Crippen molar-refractivity contribution < 1.29 is 0 Å². The molecule has 18 heavy (non-hydrogen) atoms. The van der Waals surface area contributed by atoms with E-state index in [1.54, 1.807) is 0 Å². The van der Waals surface area contributed by atoms with Crippen LogP contribution in [0.4, 0.5) is 0 Å². The minimum atomic E-state index is 0.319. The maximum atomic E-state index is 6.11. The van der Waals surface area contributed by atoms with Crippen LogP contribution in [0.3, 0.4) is 0 Å². The van der Waals surface area contributed by atoms with E-state index in [9.17, 15) is 0 Å². The van der Waals surface area contributed by atoms with Gasteiger partial charge in [-0.25, -0.2) is 0 Å². The zero-order valence-electron chi connectivity index (χ0n) is 11.5. The molecule has 0 heterocycles. The fourth-order valence-corrected chi connectivity index (χ4v) is 3.38. The minimum absolute atomic E-state index is 0.319. The molecule has 0 bridgehead atoms. The third-order valence-electron chi connectivity index (χ3n) is 4.62. The molecule has 1 fully saturated rings. The molecule has 0 atom stereocenters. The van der Waals surface area contributed by atoms with E-state index in [2.05, 4.69) is 54.0 Å². The van der Waals surface area contributed by atoms with Crippen LogP contribution in [0.2, 0.25) is 0 Å². The Hall–Kier alpha value is -0.340. The van der Waals surface area contributed by atoms with Crippen molar-refractivity contribution in [1.29, 1.82) is 0 Å². The Kier molecular flexibility index (Phi) is 4.18. The first-order valence-corrected chi connectivity index (χ1v) is 7.69. The third kappa shape index (κ3) is 3.16. The van der Waals surface area contributed by atoms with Crippen LogP contribution in [0.25, 0.3) is 0 Å². The summed E-state index contributed by atoms with van der Waals surface area (Å²) in [4.78, 5) is 0. The number of hydrogen-bond donors (Lipinski definition) is 1. The van der Waals surface area contributed by atoms with Gasteiger partial charge < -0.3 is 5.73 Å². The molecule has 0 spiro atoms. The van der Waals surface area contributed by atoms with Crippen molar-refractivity contribution in [1.82, 2.24) is 0 Å². The summed E-state index contributed by atoms with van der Waals surface area (Å²) in [7, 11) is 0. The van der Waals surface area contributed by atoms with E-state index < -0.39 is 0 Å². The van der Waals surface area contributed by atoms with Crippen molar-refractivity contribution >= 4 is 15.9 Å². The molecule has 2 rings (SSSR count). The Morgan fingerprint density at radius 2 is 1.72 bits per heavy atom. The second kappa shape index (κ2) is 5.34. The normalized spacial score (nSPS) is 21.8. The summed E-state index contributed by atoms with van der Waals surface area (Å²) in [6.45, 7) is 5.57. The lowest BCUT2D eigenvalue weighted by molar-refractivity contribution is 0.108. The third-order valence-corrected chi connectivity index (χ3v) is 5.39. The first-order chi connectivity index (χ1) is 8.46. The summed E-state index contributed by atoms with van der Waals surface area (Å²) in [5, 5.41) is 0. The van der Waals surface area contributed by atoms with Crippen LogP contribution in [-0.2, 0) is 6.42 Å². The van der Waals surface area contributed by atoms with Crippen molar-refractivity contribution in [3.8, 4) is 0 Å². The second-order valence-corrected chi connectivity index (χ2v) is 7.49. The number of nitrogens with two attached hydrogens (primary N) is 1. The summed E-state index contributed by atoms with van der Waals surface area (Å²) in [5.41, 5.74) is 8.34. The predicted octanol–water partition coefficient (Wildman–Crippen LogP) is 4.54. The molecule has 0 radical (unpaired) electrons. The van der Waals surface area contributed by atoms with Gasteiger partial charge in [-0.15, -0.1) is 0 Å². The average molecular weight is 310 g/mol. The molecule has 0 unspecified atom stereocenters. The van der Waals surface area contributed by atoms with Crippen LogP contribution in [0.15, 0.2) is 28.7 Å². The molecule has 1 aromatic carbocycles. The van der Waals surface area contributed by atoms with Gasteiger partial charge in [0.25, 0.3) is 0 Å². The lowest BCUT2D eigenvalue weighted by Crippen LogP contribution is -2.39. The highest BCUT2D eigenvalue weighted by Crippen LogP contribution is 2.46. The maximum absolute atomic E-state index is 6.11. The van der Waals surface area contributed by atoms with Gasteiger partial charge in [0.15, 0.2) is 0 Å². The van der Waals surface area contributed by atoms with Gasteiger partial charge in [0, 0.05) is 4.47 Å². The molecule has 1 aromatic rings. The van der Waals surface area contributed by atoms with Gasteiger partial charge in [-0.3, -0.25) is 0 Å². The Labute approximate surface area is 119 Å². The zero-order valence-corrected chi connectivity index (χ0v) is 13.1. The number of benzene rings is 1. The van der Waals surface area contributed by atoms with Gasteiger partial charge in [0.1, 0.15) is 0 Å². The molecule has 1 aliphatic carbocycles. The Bertz CT molecular complexity index is 401. The Morgan fingerprint density at radius 1 is 1.11 bits per heavy atom. The predicted molar refractivity (Wildman–Crippen MR) is 81.6 cm³/mol. The summed E-state index contributed by atoms with van der Waals surface area (Å²) < 4.78 is 1.22. The van der Waals surface area contributed by atoms with E-state index in [1.807, 2.05) is 0 Å². The first kappa shape index (κ1) is 14.1. The first-order valence-electron chi connectivity index (χ1n) is 6.90. The molecule has 2 heteroatoms. The summed E-state index contributed by atoms with van der Waals surface area (Å²) in [5.74, 6) is 0. The number of rotatable bonds is 3. The van der Waals surface area contributed by atoms with Crippen molar-refractivity contribution in [3.05, 3.63) is 34.3 Å². The Balaban J connectivity index is 2.13. The fourth-order valence-electron chi connectivity index (χ4n) is 2.96. The molecule has 1 nitrogen and oxygen atoms in total. The van der Waals surface area contributed by atoms with Gasteiger partial charge in [-0.2, -0.15) is 0 Å². The summed E-state index contributed by atoms with van der Waals surface area (Å²) in [6, 6.07) is 8.55. The van der Waals surface area contributed by atoms with E-state index in [0.29, 0.717) is 10.8 Å². The van der Waals surface area contributed by atoms with Crippen molar-refractivity contribution in [3.63, 3.8) is 0 Å². The molecule has 0 saturated heterocycles. The lowest BCUT2D eigenvalue weighted by atomic mass is 9.63. The van der Waals surface area contributed by atoms with Crippen LogP contribution < -0.4 is 5.73 Å². The smallest absolute Gasteiger partial charge is 0.0207 e. The summed E-state index contributed by atoms with van der Waals surface area (Å²) in [6.07, 6.45) is 6.24. The van der Waals surface area contributed by atoms with Crippen LogP contribution in [0, 0.1) is 10.8 Å². The lowest BCUT2D eigenvalue weighted by Gasteiger charge is -2.43. The van der Waals surface area contributed by atoms with Crippen molar-refractivity contribution in [2.75, 3.05) is 6.54 Å². The molecule has 0 aliphatic heterocycles. The average Bonchev–Trinajstić information content (AvgIpc) is 2.35. The maximum Gasteiger partial charge on any atom is 0.0207 e. The van der Waals surface area contributed by atoms with E-state index in [-0.39, 0.29) is 0 Å². The molecule has 0 amide bonds. The van der Waals surface area contributed by atoms with Gasteiger partial charge in [0.2, 0.25) is 0 Å². The van der Waals surface area contributed by atoms with Crippen molar-refractivity contribution in [2.24, 2.45) is 16.6 Å². The van der Waals surface area contributed by atoms with Gasteiger partial charge >= 0.3 is 0 Å². The van der Waals surface area contributed by atoms with Crippen LogP contribution in [-0.4, -0.2) is 6.54 Å². The van der Waals surface area contributed by atoms with Crippen LogP contribution >= 0.6 is 15.9 Å². The molecular weight excluding hydrogens is 286 g/mol.